The van der Waals surface area contributed by atoms with Crippen molar-refractivity contribution in [1.82, 2.24) is 19.9 Å². The van der Waals surface area contributed by atoms with Gasteiger partial charge in [-0.2, -0.15) is 0 Å². The van der Waals surface area contributed by atoms with Crippen molar-refractivity contribution >= 4 is 11.5 Å². The molecule has 0 fully saturated rings. The number of hydrogen-bond acceptors (Lipinski definition) is 7. The molecule has 17 heavy (non-hydrogen) atoms. The molecule has 0 saturated heterocycles. The van der Waals surface area contributed by atoms with Crippen LogP contribution in [0.5, 0.6) is 0 Å². The van der Waals surface area contributed by atoms with Crippen LogP contribution in [0.2, 0.25) is 0 Å². The van der Waals surface area contributed by atoms with Crippen molar-refractivity contribution < 1.29 is 10.0 Å². The normalized spacial score (nSPS) is 11.2. The lowest BCUT2D eigenvalue weighted by Gasteiger charge is -2.01. The number of oxime groups is 1. The van der Waals surface area contributed by atoms with E-state index in [0.29, 0.717) is 0 Å². The zero-order valence-corrected chi connectivity index (χ0v) is 8.56. The molecule has 0 aliphatic rings. The Bertz CT molecular complexity index is 541. The van der Waals surface area contributed by atoms with E-state index in [0.717, 1.165) is 0 Å². The van der Waals surface area contributed by atoms with Gasteiger partial charge in [-0.15, -0.1) is 0 Å². The summed E-state index contributed by atoms with van der Waals surface area (Å²) in [7, 11) is 0. The van der Waals surface area contributed by atoms with Gasteiger partial charge in [0.05, 0.1) is 5.69 Å². The average Bonchev–Trinajstić information content (AvgIpc) is 2.42. The Morgan fingerprint density at radius 2 is 1.65 bits per heavy atom. The molecule has 7 nitrogen and oxygen atoms in total. The van der Waals surface area contributed by atoms with E-state index in [4.69, 9.17) is 5.21 Å². The Morgan fingerprint density at radius 3 is 2.12 bits per heavy atom. The van der Waals surface area contributed by atoms with Crippen molar-refractivity contribution in [2.75, 3.05) is 0 Å². The van der Waals surface area contributed by atoms with Crippen LogP contribution in [0.1, 0.15) is 16.2 Å². The summed E-state index contributed by atoms with van der Waals surface area (Å²) < 4.78 is 0. The van der Waals surface area contributed by atoms with E-state index in [1.165, 1.54) is 37.2 Å². The summed E-state index contributed by atoms with van der Waals surface area (Å²) in [6.45, 7) is 0. The number of aromatic nitrogens is 4. The molecule has 1 N–H and O–H groups in total. The van der Waals surface area contributed by atoms with Crippen LogP contribution < -0.4 is 0 Å². The van der Waals surface area contributed by atoms with Crippen LogP contribution >= 0.6 is 0 Å². The second-order valence-corrected chi connectivity index (χ2v) is 2.97. The van der Waals surface area contributed by atoms with E-state index in [9.17, 15) is 4.79 Å². The number of Topliss-reactive ketones (excluding diaryl/α,β-unsaturated/α-hetero) is 1. The fraction of sp³-hybridized carbons (Fsp3) is 0. The SMILES string of the molecule is O=C(/C(=N/O)c1ccncn1)c1ccncn1. The molecule has 0 aromatic carbocycles. The van der Waals surface area contributed by atoms with Gasteiger partial charge in [-0.3, -0.25) is 4.79 Å². The lowest BCUT2D eigenvalue weighted by Crippen LogP contribution is -2.18. The summed E-state index contributed by atoms with van der Waals surface area (Å²) in [6.07, 6.45) is 5.37. The third-order valence-corrected chi connectivity index (χ3v) is 1.95. The summed E-state index contributed by atoms with van der Waals surface area (Å²) in [5.41, 5.74) is 0.170. The number of ketones is 1. The molecular formula is C10H7N5O2. The quantitative estimate of drug-likeness (QED) is 0.352. The number of carbonyl (C=O) groups excluding carboxylic acids is 1. The second-order valence-electron chi connectivity index (χ2n) is 2.97. The number of rotatable bonds is 3. The zero-order valence-electron chi connectivity index (χ0n) is 8.56. The molecule has 2 aromatic rings. The number of carbonyl (C=O) groups is 1. The van der Waals surface area contributed by atoms with Gasteiger partial charge < -0.3 is 5.21 Å². The predicted octanol–water partition coefficient (Wildman–Crippen LogP) is 0.328. The van der Waals surface area contributed by atoms with Crippen molar-refractivity contribution in [3.63, 3.8) is 0 Å². The van der Waals surface area contributed by atoms with Gasteiger partial charge in [0, 0.05) is 12.4 Å². The van der Waals surface area contributed by atoms with Crippen molar-refractivity contribution in [1.29, 1.82) is 0 Å². The van der Waals surface area contributed by atoms with Gasteiger partial charge in [0.1, 0.15) is 18.3 Å². The molecule has 0 atom stereocenters. The molecule has 0 aliphatic carbocycles. The maximum atomic E-state index is 11.9. The highest BCUT2D eigenvalue weighted by Crippen LogP contribution is 2.03. The average molecular weight is 229 g/mol. The zero-order chi connectivity index (χ0) is 12.1. The maximum absolute atomic E-state index is 11.9. The smallest absolute Gasteiger partial charge is 0.235 e. The molecule has 2 heterocycles. The van der Waals surface area contributed by atoms with Gasteiger partial charge in [-0.25, -0.2) is 19.9 Å². The number of hydrogen-bond donors (Lipinski definition) is 1. The van der Waals surface area contributed by atoms with Gasteiger partial charge in [0.25, 0.3) is 0 Å². The van der Waals surface area contributed by atoms with E-state index >= 15 is 0 Å². The van der Waals surface area contributed by atoms with Crippen LogP contribution in [-0.2, 0) is 0 Å². The first kappa shape index (κ1) is 10.8. The van der Waals surface area contributed by atoms with Crippen molar-refractivity contribution in [2.24, 2.45) is 5.16 Å². The minimum absolute atomic E-state index is 0.131. The van der Waals surface area contributed by atoms with Gasteiger partial charge in [-0.1, -0.05) is 5.16 Å². The maximum Gasteiger partial charge on any atom is 0.235 e. The Labute approximate surface area is 95.9 Å². The first-order valence-electron chi connectivity index (χ1n) is 4.62. The predicted molar refractivity (Wildman–Crippen MR) is 56.7 cm³/mol. The standard InChI is InChI=1S/C10H7N5O2/c16-10(8-2-4-12-6-14-8)9(15-17)7-1-3-11-5-13-7/h1-6,17H/b15-9+. The first-order valence-corrected chi connectivity index (χ1v) is 4.62. The summed E-state index contributed by atoms with van der Waals surface area (Å²) in [5, 5.41) is 11.8. The van der Waals surface area contributed by atoms with Crippen molar-refractivity contribution in [2.45, 2.75) is 0 Å². The molecule has 7 heteroatoms. The second kappa shape index (κ2) is 4.88. The molecule has 84 valence electrons. The topological polar surface area (TPSA) is 101 Å². The highest BCUT2D eigenvalue weighted by atomic mass is 16.4. The third-order valence-electron chi connectivity index (χ3n) is 1.95. The van der Waals surface area contributed by atoms with Crippen LogP contribution in [0.25, 0.3) is 0 Å². The largest absolute Gasteiger partial charge is 0.410 e. The lowest BCUT2D eigenvalue weighted by molar-refractivity contribution is 0.105. The van der Waals surface area contributed by atoms with E-state index in [1.807, 2.05) is 0 Å². The summed E-state index contributed by atoms with van der Waals surface area (Å²) in [4.78, 5) is 26.9. The van der Waals surface area contributed by atoms with Crippen LogP contribution in [0.3, 0.4) is 0 Å². The molecule has 0 saturated carbocycles. The minimum Gasteiger partial charge on any atom is -0.410 e. The number of nitrogens with zero attached hydrogens (tertiary/aromatic N) is 5. The van der Waals surface area contributed by atoms with E-state index < -0.39 is 5.78 Å². The summed E-state index contributed by atoms with van der Waals surface area (Å²) >= 11 is 0. The lowest BCUT2D eigenvalue weighted by atomic mass is 10.1. The van der Waals surface area contributed by atoms with Gasteiger partial charge in [0.2, 0.25) is 5.78 Å². The monoisotopic (exact) mass is 229 g/mol. The Morgan fingerprint density at radius 1 is 1.06 bits per heavy atom. The molecule has 2 rings (SSSR count). The van der Waals surface area contributed by atoms with Crippen molar-refractivity contribution in [3.8, 4) is 0 Å². The highest BCUT2D eigenvalue weighted by molar-refractivity contribution is 6.50. The van der Waals surface area contributed by atoms with E-state index in [2.05, 4.69) is 25.1 Å². The van der Waals surface area contributed by atoms with Crippen molar-refractivity contribution in [3.05, 3.63) is 48.6 Å². The van der Waals surface area contributed by atoms with Crippen LogP contribution in [0.4, 0.5) is 0 Å². The van der Waals surface area contributed by atoms with Gasteiger partial charge in [0.15, 0.2) is 5.71 Å². The molecular weight excluding hydrogens is 222 g/mol. The molecule has 0 unspecified atom stereocenters. The highest BCUT2D eigenvalue weighted by Gasteiger charge is 2.19. The molecule has 0 bridgehead atoms. The van der Waals surface area contributed by atoms with E-state index in [-0.39, 0.29) is 17.1 Å². The summed E-state index contributed by atoms with van der Waals surface area (Å²) in [6, 6.07) is 2.89. The fourth-order valence-corrected chi connectivity index (χ4v) is 1.19. The molecule has 0 radical (unpaired) electrons. The van der Waals surface area contributed by atoms with E-state index in [1.54, 1.807) is 0 Å². The Kier molecular flexibility index (Phi) is 3.10. The summed E-state index contributed by atoms with van der Waals surface area (Å²) in [5.74, 6) is -0.534. The van der Waals surface area contributed by atoms with Crippen LogP contribution in [0.15, 0.2) is 42.3 Å². The van der Waals surface area contributed by atoms with Gasteiger partial charge >= 0.3 is 0 Å². The van der Waals surface area contributed by atoms with Gasteiger partial charge in [-0.05, 0) is 12.1 Å². The Hall–Kier alpha value is -2.70. The molecule has 0 amide bonds. The molecule has 0 spiro atoms. The minimum atomic E-state index is -0.534. The Balaban J connectivity index is 2.37. The van der Waals surface area contributed by atoms with Crippen LogP contribution in [0, 0.1) is 0 Å². The fourth-order valence-electron chi connectivity index (χ4n) is 1.19. The van der Waals surface area contributed by atoms with Crippen LogP contribution in [-0.4, -0.2) is 36.6 Å². The molecule has 2 aromatic heterocycles. The first-order chi connectivity index (χ1) is 8.33. The molecule has 0 aliphatic heterocycles. The third kappa shape index (κ3) is 2.28.